The Kier molecular flexibility index (Phi) is 6.62. The van der Waals surface area contributed by atoms with Crippen molar-refractivity contribution in [2.24, 2.45) is 5.92 Å². The Bertz CT molecular complexity index is 301. The summed E-state index contributed by atoms with van der Waals surface area (Å²) in [6.45, 7) is 4.91. The van der Waals surface area contributed by atoms with Crippen molar-refractivity contribution in [2.45, 2.75) is 26.2 Å². The highest BCUT2D eigenvalue weighted by molar-refractivity contribution is 5.75. The molecule has 0 bridgehead atoms. The van der Waals surface area contributed by atoms with Gasteiger partial charge in [0.2, 0.25) is 0 Å². The zero-order valence-electron chi connectivity index (χ0n) is 11.8. The first-order valence-electron chi connectivity index (χ1n) is 6.83. The standard InChI is InChI=1S/C13H24N2O4/c1-3-14(9-6-12(16)17)13(18)15-7-4-11(5-8-15)10-19-2/h11H,3-10H2,1-2H3,(H,16,17). The lowest BCUT2D eigenvalue weighted by atomic mass is 9.98. The average molecular weight is 272 g/mol. The average Bonchev–Trinajstić information content (AvgIpc) is 2.40. The maximum absolute atomic E-state index is 12.2. The summed E-state index contributed by atoms with van der Waals surface area (Å²) in [5.41, 5.74) is 0. The lowest BCUT2D eigenvalue weighted by Crippen LogP contribution is -2.47. The molecule has 0 aromatic rings. The molecular weight excluding hydrogens is 248 g/mol. The number of ether oxygens (including phenoxy) is 1. The van der Waals surface area contributed by atoms with Crippen LogP contribution in [-0.2, 0) is 9.53 Å². The minimum absolute atomic E-state index is 0.000278. The van der Waals surface area contributed by atoms with E-state index in [1.54, 1.807) is 12.0 Å². The maximum atomic E-state index is 12.2. The minimum atomic E-state index is -0.870. The number of methoxy groups -OCH3 is 1. The van der Waals surface area contributed by atoms with Crippen molar-refractivity contribution < 1.29 is 19.4 Å². The maximum Gasteiger partial charge on any atom is 0.320 e. The molecule has 0 aromatic carbocycles. The molecule has 1 aliphatic heterocycles. The van der Waals surface area contributed by atoms with E-state index in [-0.39, 0.29) is 19.0 Å². The van der Waals surface area contributed by atoms with E-state index in [2.05, 4.69) is 0 Å². The Labute approximate surface area is 114 Å². The molecule has 0 aliphatic carbocycles. The van der Waals surface area contributed by atoms with Crippen molar-refractivity contribution in [2.75, 3.05) is 39.9 Å². The van der Waals surface area contributed by atoms with E-state index in [0.717, 1.165) is 32.5 Å². The van der Waals surface area contributed by atoms with Crippen LogP contribution in [-0.4, -0.2) is 66.8 Å². The van der Waals surface area contributed by atoms with E-state index in [1.807, 2.05) is 11.8 Å². The van der Waals surface area contributed by atoms with Crippen LogP contribution in [0.15, 0.2) is 0 Å². The first-order chi connectivity index (χ1) is 9.08. The molecule has 0 saturated carbocycles. The van der Waals surface area contributed by atoms with Crippen LogP contribution in [0, 0.1) is 5.92 Å². The van der Waals surface area contributed by atoms with Crippen LogP contribution in [0.25, 0.3) is 0 Å². The van der Waals surface area contributed by atoms with Crippen LogP contribution in [0.1, 0.15) is 26.2 Å². The number of likely N-dealkylation sites (tertiary alicyclic amines) is 1. The molecule has 0 spiro atoms. The first-order valence-corrected chi connectivity index (χ1v) is 6.83. The number of piperidine rings is 1. The largest absolute Gasteiger partial charge is 0.481 e. The fraction of sp³-hybridized carbons (Fsp3) is 0.846. The van der Waals surface area contributed by atoms with Crippen molar-refractivity contribution in [1.29, 1.82) is 0 Å². The number of urea groups is 1. The van der Waals surface area contributed by atoms with Crippen LogP contribution in [0.5, 0.6) is 0 Å². The van der Waals surface area contributed by atoms with E-state index in [4.69, 9.17) is 9.84 Å². The number of carboxylic acids is 1. The van der Waals surface area contributed by atoms with Crippen LogP contribution in [0.4, 0.5) is 4.79 Å². The van der Waals surface area contributed by atoms with Crippen LogP contribution < -0.4 is 0 Å². The molecule has 1 aliphatic rings. The second kappa shape index (κ2) is 7.99. The van der Waals surface area contributed by atoms with E-state index >= 15 is 0 Å². The molecule has 19 heavy (non-hydrogen) atoms. The number of carbonyl (C=O) groups is 2. The molecule has 1 heterocycles. The molecule has 1 N–H and O–H groups in total. The summed E-state index contributed by atoms with van der Waals surface area (Å²) >= 11 is 0. The quantitative estimate of drug-likeness (QED) is 0.790. The van der Waals surface area contributed by atoms with Crippen molar-refractivity contribution in [3.8, 4) is 0 Å². The van der Waals surface area contributed by atoms with Crippen LogP contribution >= 0.6 is 0 Å². The van der Waals surface area contributed by atoms with Gasteiger partial charge in [-0.15, -0.1) is 0 Å². The lowest BCUT2D eigenvalue weighted by molar-refractivity contribution is -0.137. The summed E-state index contributed by atoms with van der Waals surface area (Å²) in [7, 11) is 1.70. The van der Waals surface area contributed by atoms with Gasteiger partial charge in [0.15, 0.2) is 0 Å². The molecule has 0 aromatic heterocycles. The van der Waals surface area contributed by atoms with Gasteiger partial charge >= 0.3 is 12.0 Å². The van der Waals surface area contributed by atoms with E-state index in [1.165, 1.54) is 0 Å². The fourth-order valence-corrected chi connectivity index (χ4v) is 2.35. The van der Waals surface area contributed by atoms with Gasteiger partial charge < -0.3 is 19.6 Å². The molecule has 2 amide bonds. The Morgan fingerprint density at radius 2 is 2.00 bits per heavy atom. The highest BCUT2D eigenvalue weighted by Crippen LogP contribution is 2.18. The smallest absolute Gasteiger partial charge is 0.320 e. The molecule has 0 radical (unpaired) electrons. The minimum Gasteiger partial charge on any atom is -0.481 e. The summed E-state index contributed by atoms with van der Waals surface area (Å²) in [4.78, 5) is 26.2. The summed E-state index contributed by atoms with van der Waals surface area (Å²) in [6.07, 6.45) is 1.91. The zero-order chi connectivity index (χ0) is 14.3. The first kappa shape index (κ1) is 15.8. The summed E-state index contributed by atoms with van der Waals surface area (Å²) in [5, 5.41) is 8.68. The third-order valence-electron chi connectivity index (χ3n) is 3.54. The molecule has 1 rings (SSSR count). The molecular formula is C13H24N2O4. The molecule has 1 saturated heterocycles. The zero-order valence-corrected chi connectivity index (χ0v) is 11.8. The topological polar surface area (TPSA) is 70.1 Å². The van der Waals surface area contributed by atoms with Gasteiger partial charge in [0.05, 0.1) is 6.42 Å². The predicted molar refractivity (Wildman–Crippen MR) is 71.1 cm³/mol. The highest BCUT2D eigenvalue weighted by Gasteiger charge is 2.25. The van der Waals surface area contributed by atoms with Crippen molar-refractivity contribution in [3.63, 3.8) is 0 Å². The van der Waals surface area contributed by atoms with Crippen molar-refractivity contribution >= 4 is 12.0 Å². The second-order valence-corrected chi connectivity index (χ2v) is 4.89. The van der Waals surface area contributed by atoms with Gasteiger partial charge in [-0.2, -0.15) is 0 Å². The van der Waals surface area contributed by atoms with E-state index in [0.29, 0.717) is 12.5 Å². The third-order valence-corrected chi connectivity index (χ3v) is 3.54. The SMILES string of the molecule is CCN(CCC(=O)O)C(=O)N1CCC(COC)CC1. The molecule has 0 atom stereocenters. The Hall–Kier alpha value is -1.30. The van der Waals surface area contributed by atoms with E-state index in [9.17, 15) is 9.59 Å². The second-order valence-electron chi connectivity index (χ2n) is 4.89. The van der Waals surface area contributed by atoms with Crippen molar-refractivity contribution in [3.05, 3.63) is 0 Å². The summed E-state index contributed by atoms with van der Waals surface area (Å²) in [6, 6.07) is -0.0420. The normalized spacial score (nSPS) is 16.4. The van der Waals surface area contributed by atoms with E-state index < -0.39 is 5.97 Å². The van der Waals surface area contributed by atoms with Crippen LogP contribution in [0.2, 0.25) is 0 Å². The van der Waals surface area contributed by atoms with Gasteiger partial charge in [0, 0.05) is 39.9 Å². The molecule has 110 valence electrons. The van der Waals surface area contributed by atoms with Gasteiger partial charge in [-0.25, -0.2) is 4.79 Å². The highest BCUT2D eigenvalue weighted by atomic mass is 16.5. The molecule has 6 nitrogen and oxygen atoms in total. The molecule has 6 heteroatoms. The van der Waals surface area contributed by atoms with Crippen molar-refractivity contribution in [1.82, 2.24) is 9.80 Å². The number of aliphatic carboxylic acids is 1. The number of nitrogens with zero attached hydrogens (tertiary/aromatic N) is 2. The van der Waals surface area contributed by atoms with Gasteiger partial charge in [-0.1, -0.05) is 0 Å². The number of carbonyl (C=O) groups excluding carboxylic acids is 1. The number of carboxylic acid groups (broad SMARTS) is 1. The summed E-state index contributed by atoms with van der Waals surface area (Å²) < 4.78 is 5.13. The lowest BCUT2D eigenvalue weighted by Gasteiger charge is -2.35. The fourth-order valence-electron chi connectivity index (χ4n) is 2.35. The number of amides is 2. The Balaban J connectivity index is 2.41. The Morgan fingerprint density at radius 3 is 2.47 bits per heavy atom. The predicted octanol–water partition coefficient (Wildman–Crippen LogP) is 1.26. The monoisotopic (exact) mass is 272 g/mol. The number of hydrogen-bond acceptors (Lipinski definition) is 3. The number of rotatable bonds is 6. The van der Waals surface area contributed by atoms with Crippen LogP contribution in [0.3, 0.4) is 0 Å². The van der Waals surface area contributed by atoms with Gasteiger partial charge in [0.25, 0.3) is 0 Å². The van der Waals surface area contributed by atoms with Gasteiger partial charge in [-0.3, -0.25) is 4.79 Å². The van der Waals surface area contributed by atoms with Gasteiger partial charge in [-0.05, 0) is 25.7 Å². The Morgan fingerprint density at radius 1 is 1.37 bits per heavy atom. The van der Waals surface area contributed by atoms with Gasteiger partial charge in [0.1, 0.15) is 0 Å². The third kappa shape index (κ3) is 5.06. The summed E-state index contributed by atoms with van der Waals surface area (Å²) in [5.74, 6) is -0.340. The molecule has 0 unspecified atom stereocenters. The number of hydrogen-bond donors (Lipinski definition) is 1. The molecule has 1 fully saturated rings.